The minimum absolute atomic E-state index is 0.0410. The number of anilines is 1. The van der Waals surface area contributed by atoms with E-state index in [0.717, 1.165) is 5.56 Å². The van der Waals surface area contributed by atoms with Gasteiger partial charge >= 0.3 is 0 Å². The lowest BCUT2D eigenvalue weighted by Crippen LogP contribution is -2.29. The van der Waals surface area contributed by atoms with E-state index in [4.69, 9.17) is 0 Å². The van der Waals surface area contributed by atoms with E-state index in [-0.39, 0.29) is 12.3 Å². The molecule has 0 unspecified atom stereocenters. The summed E-state index contributed by atoms with van der Waals surface area (Å²) in [6.07, 6.45) is 0. The highest BCUT2D eigenvalue weighted by Crippen LogP contribution is 2.39. The third kappa shape index (κ3) is 1.77. The molecular weight excluding hydrogens is 254 g/mol. The maximum Gasteiger partial charge on any atom is 0.299 e. The molecule has 0 aliphatic carbocycles. The number of hydrogen-bond acceptors (Lipinski definition) is 3. The Kier molecular flexibility index (Phi) is 2.79. The van der Waals surface area contributed by atoms with E-state index in [1.165, 1.54) is 11.0 Å². The molecule has 3 rings (SSSR count). The van der Waals surface area contributed by atoms with Gasteiger partial charge in [0.25, 0.3) is 11.7 Å². The molecule has 0 fully saturated rings. The van der Waals surface area contributed by atoms with Crippen molar-refractivity contribution in [1.29, 1.82) is 0 Å². The number of aryl methyl sites for hydroxylation is 1. The molecule has 1 amide bonds. The highest BCUT2D eigenvalue weighted by molar-refractivity contribution is 6.52. The Morgan fingerprint density at radius 3 is 2.45 bits per heavy atom. The van der Waals surface area contributed by atoms with Crippen molar-refractivity contribution in [1.82, 2.24) is 0 Å². The molecule has 0 atom stereocenters. The molecular formula is C16H13NO3. The van der Waals surface area contributed by atoms with Crippen LogP contribution in [-0.4, -0.2) is 16.8 Å². The summed E-state index contributed by atoms with van der Waals surface area (Å²) in [7, 11) is 0. The monoisotopic (exact) mass is 267 g/mol. The van der Waals surface area contributed by atoms with Gasteiger partial charge in [-0.1, -0.05) is 36.4 Å². The molecule has 1 heterocycles. The molecule has 100 valence electrons. The lowest BCUT2D eigenvalue weighted by molar-refractivity contribution is -0.114. The van der Waals surface area contributed by atoms with Gasteiger partial charge in [0.05, 0.1) is 17.8 Å². The normalized spacial score (nSPS) is 13.8. The van der Waals surface area contributed by atoms with Crippen LogP contribution >= 0.6 is 0 Å². The minimum atomic E-state index is -0.589. The van der Waals surface area contributed by atoms with Crippen molar-refractivity contribution in [2.75, 3.05) is 4.90 Å². The van der Waals surface area contributed by atoms with Gasteiger partial charge in [0.1, 0.15) is 5.75 Å². The first kappa shape index (κ1) is 12.4. The lowest BCUT2D eigenvalue weighted by atomic mass is 10.0. The number of benzene rings is 2. The maximum absolute atomic E-state index is 12.1. The Morgan fingerprint density at radius 1 is 1.05 bits per heavy atom. The second-order valence-corrected chi connectivity index (χ2v) is 4.83. The summed E-state index contributed by atoms with van der Waals surface area (Å²) in [5, 5.41) is 9.99. The molecule has 0 saturated heterocycles. The van der Waals surface area contributed by atoms with Gasteiger partial charge in [-0.2, -0.15) is 0 Å². The van der Waals surface area contributed by atoms with Crippen molar-refractivity contribution in [3.05, 3.63) is 59.2 Å². The SMILES string of the molecule is Cc1ccc(O)c2c1C(=O)C(=O)N2Cc1ccccc1. The van der Waals surface area contributed by atoms with Crippen LogP contribution < -0.4 is 4.90 Å². The number of rotatable bonds is 2. The average Bonchev–Trinajstić information content (AvgIpc) is 2.70. The van der Waals surface area contributed by atoms with E-state index in [1.54, 1.807) is 13.0 Å². The van der Waals surface area contributed by atoms with Gasteiger partial charge in [-0.3, -0.25) is 14.5 Å². The minimum Gasteiger partial charge on any atom is -0.506 e. The van der Waals surface area contributed by atoms with Crippen LogP contribution in [0.4, 0.5) is 5.69 Å². The van der Waals surface area contributed by atoms with Crippen LogP contribution in [0.2, 0.25) is 0 Å². The topological polar surface area (TPSA) is 57.6 Å². The van der Waals surface area contributed by atoms with Crippen LogP contribution in [0.25, 0.3) is 0 Å². The van der Waals surface area contributed by atoms with Crippen molar-refractivity contribution >= 4 is 17.4 Å². The predicted molar refractivity (Wildman–Crippen MR) is 74.8 cm³/mol. The van der Waals surface area contributed by atoms with Gasteiger partial charge in [0, 0.05) is 0 Å². The Hall–Kier alpha value is -2.62. The number of nitrogens with zero attached hydrogens (tertiary/aromatic N) is 1. The lowest BCUT2D eigenvalue weighted by Gasteiger charge is -2.17. The molecule has 1 N–H and O–H groups in total. The van der Waals surface area contributed by atoms with Crippen LogP contribution in [-0.2, 0) is 11.3 Å². The quantitative estimate of drug-likeness (QED) is 0.850. The molecule has 20 heavy (non-hydrogen) atoms. The van der Waals surface area contributed by atoms with Gasteiger partial charge in [-0.15, -0.1) is 0 Å². The average molecular weight is 267 g/mol. The predicted octanol–water partition coefficient (Wildman–Crippen LogP) is 2.43. The third-order valence-electron chi connectivity index (χ3n) is 3.48. The number of phenolic OH excluding ortho intramolecular Hbond substituents is 1. The number of phenols is 1. The standard InChI is InChI=1S/C16H13NO3/c1-10-7-8-12(18)14-13(10)15(19)16(20)17(14)9-11-5-3-2-4-6-11/h2-8,18H,9H2,1H3. The van der Waals surface area contributed by atoms with E-state index in [9.17, 15) is 14.7 Å². The van der Waals surface area contributed by atoms with Crippen LogP contribution in [0, 0.1) is 6.92 Å². The molecule has 2 aromatic rings. The fourth-order valence-electron chi connectivity index (χ4n) is 2.49. The molecule has 0 bridgehead atoms. The van der Waals surface area contributed by atoms with Crippen molar-refractivity contribution in [2.45, 2.75) is 13.5 Å². The zero-order chi connectivity index (χ0) is 14.3. The van der Waals surface area contributed by atoms with E-state index >= 15 is 0 Å². The van der Waals surface area contributed by atoms with E-state index in [1.807, 2.05) is 30.3 Å². The number of fused-ring (bicyclic) bond motifs is 1. The number of Topliss-reactive ketones (excluding diaryl/α,β-unsaturated/α-hetero) is 1. The molecule has 1 aliphatic rings. The number of carbonyl (C=O) groups is 2. The summed E-state index contributed by atoms with van der Waals surface area (Å²) in [5.74, 6) is -1.18. The van der Waals surface area contributed by atoms with E-state index in [0.29, 0.717) is 16.8 Å². The van der Waals surface area contributed by atoms with Crippen LogP contribution in [0.5, 0.6) is 5.75 Å². The second kappa shape index (κ2) is 4.49. The van der Waals surface area contributed by atoms with Gasteiger partial charge in [-0.05, 0) is 24.1 Å². The van der Waals surface area contributed by atoms with Crippen molar-refractivity contribution in [3.63, 3.8) is 0 Å². The van der Waals surface area contributed by atoms with Crippen molar-refractivity contribution in [2.24, 2.45) is 0 Å². The van der Waals surface area contributed by atoms with E-state index in [2.05, 4.69) is 0 Å². The number of hydrogen-bond donors (Lipinski definition) is 1. The summed E-state index contributed by atoms with van der Waals surface area (Å²) in [6.45, 7) is 2.03. The molecule has 4 nitrogen and oxygen atoms in total. The second-order valence-electron chi connectivity index (χ2n) is 4.83. The van der Waals surface area contributed by atoms with Gasteiger partial charge < -0.3 is 5.11 Å². The molecule has 0 radical (unpaired) electrons. The van der Waals surface area contributed by atoms with E-state index < -0.39 is 11.7 Å². The van der Waals surface area contributed by atoms with Crippen LogP contribution in [0.15, 0.2) is 42.5 Å². The van der Waals surface area contributed by atoms with Gasteiger partial charge in [0.15, 0.2) is 0 Å². The number of aromatic hydroxyl groups is 1. The molecule has 4 heteroatoms. The fourth-order valence-corrected chi connectivity index (χ4v) is 2.49. The van der Waals surface area contributed by atoms with Crippen LogP contribution in [0.1, 0.15) is 21.5 Å². The Labute approximate surface area is 116 Å². The van der Waals surface area contributed by atoms with Crippen LogP contribution in [0.3, 0.4) is 0 Å². The molecule has 0 spiro atoms. The van der Waals surface area contributed by atoms with Crippen molar-refractivity contribution in [3.8, 4) is 5.75 Å². The summed E-state index contributed by atoms with van der Waals surface area (Å²) < 4.78 is 0. The number of carbonyl (C=O) groups excluding carboxylic acids is 2. The van der Waals surface area contributed by atoms with Crippen molar-refractivity contribution < 1.29 is 14.7 Å². The van der Waals surface area contributed by atoms with Gasteiger partial charge in [0.2, 0.25) is 0 Å². The van der Waals surface area contributed by atoms with Gasteiger partial charge in [-0.25, -0.2) is 0 Å². The Balaban J connectivity index is 2.09. The third-order valence-corrected chi connectivity index (χ3v) is 3.48. The molecule has 2 aromatic carbocycles. The largest absolute Gasteiger partial charge is 0.506 e. The summed E-state index contributed by atoms with van der Waals surface area (Å²) in [5.41, 5.74) is 2.24. The zero-order valence-electron chi connectivity index (χ0n) is 11.0. The zero-order valence-corrected chi connectivity index (χ0v) is 11.0. The number of ketones is 1. The first-order chi connectivity index (χ1) is 9.59. The molecule has 0 aromatic heterocycles. The fraction of sp³-hybridized carbons (Fsp3) is 0.125. The highest BCUT2D eigenvalue weighted by Gasteiger charge is 2.39. The number of amides is 1. The molecule has 1 aliphatic heterocycles. The summed E-state index contributed by atoms with van der Waals surface area (Å²) >= 11 is 0. The summed E-state index contributed by atoms with van der Waals surface area (Å²) in [4.78, 5) is 25.5. The first-order valence-electron chi connectivity index (χ1n) is 6.32. The highest BCUT2D eigenvalue weighted by atomic mass is 16.3. The maximum atomic E-state index is 12.1. The Bertz CT molecular complexity index is 707. The Morgan fingerprint density at radius 2 is 1.75 bits per heavy atom. The summed E-state index contributed by atoms with van der Waals surface area (Å²) in [6, 6.07) is 12.5. The smallest absolute Gasteiger partial charge is 0.299 e. The molecule has 0 saturated carbocycles. The first-order valence-corrected chi connectivity index (χ1v) is 6.32.